The zero-order chi connectivity index (χ0) is 19.0. The number of nitrogens with zero attached hydrogens (tertiary/aromatic N) is 4. The van der Waals surface area contributed by atoms with Crippen molar-refractivity contribution in [3.63, 3.8) is 0 Å². The van der Waals surface area contributed by atoms with Crippen molar-refractivity contribution in [1.29, 1.82) is 0 Å². The number of anilines is 1. The van der Waals surface area contributed by atoms with Crippen LogP contribution >= 0.6 is 0 Å². The molecule has 0 bridgehead atoms. The quantitative estimate of drug-likeness (QED) is 0.762. The van der Waals surface area contributed by atoms with Crippen LogP contribution < -0.4 is 5.32 Å². The smallest absolute Gasteiger partial charge is 0.321 e. The van der Waals surface area contributed by atoms with Crippen LogP contribution in [0.5, 0.6) is 0 Å². The van der Waals surface area contributed by atoms with Gasteiger partial charge >= 0.3 is 6.03 Å². The number of rotatable bonds is 3. The zero-order valence-electron chi connectivity index (χ0n) is 16.1. The number of aryl methyl sites for hydroxylation is 3. The highest BCUT2D eigenvalue weighted by Gasteiger charge is 2.31. The van der Waals surface area contributed by atoms with Crippen LogP contribution in [0, 0.1) is 13.8 Å². The summed E-state index contributed by atoms with van der Waals surface area (Å²) in [5.74, 6) is 1.28. The molecule has 6 heteroatoms. The van der Waals surface area contributed by atoms with Crippen molar-refractivity contribution in [1.82, 2.24) is 19.4 Å². The first-order valence-corrected chi connectivity index (χ1v) is 9.51. The van der Waals surface area contributed by atoms with Crippen LogP contribution in [0.3, 0.4) is 0 Å². The van der Waals surface area contributed by atoms with Gasteiger partial charge < -0.3 is 14.8 Å². The molecule has 1 unspecified atom stereocenters. The summed E-state index contributed by atoms with van der Waals surface area (Å²) in [5, 5.41) is 3.05. The minimum atomic E-state index is -0.0401. The molecule has 1 aliphatic heterocycles. The van der Waals surface area contributed by atoms with Crippen molar-refractivity contribution >= 4 is 22.9 Å². The number of carbonyl (C=O) groups is 1. The highest BCUT2D eigenvalue weighted by Crippen LogP contribution is 2.29. The van der Waals surface area contributed by atoms with Crippen LogP contribution in [-0.2, 0) is 6.54 Å². The van der Waals surface area contributed by atoms with E-state index in [1.54, 1.807) is 6.20 Å². The Morgan fingerprint density at radius 2 is 2.15 bits per heavy atom. The number of nitrogens with one attached hydrogen (secondary N) is 1. The summed E-state index contributed by atoms with van der Waals surface area (Å²) in [5.41, 5.74) is 5.00. The molecule has 3 aromatic rings. The second-order valence-corrected chi connectivity index (χ2v) is 7.24. The molecule has 0 spiro atoms. The monoisotopic (exact) mass is 363 g/mol. The van der Waals surface area contributed by atoms with Crippen molar-refractivity contribution in [2.75, 3.05) is 18.4 Å². The minimum Gasteiger partial charge on any atom is -0.324 e. The van der Waals surface area contributed by atoms with Gasteiger partial charge in [-0.15, -0.1) is 0 Å². The number of carbonyl (C=O) groups excluding carboxylic acids is 1. The van der Waals surface area contributed by atoms with Gasteiger partial charge in [0.2, 0.25) is 0 Å². The Morgan fingerprint density at radius 1 is 1.30 bits per heavy atom. The topological polar surface area (TPSA) is 63.1 Å². The molecule has 0 radical (unpaired) electrons. The van der Waals surface area contributed by atoms with Gasteiger partial charge in [-0.25, -0.2) is 14.8 Å². The van der Waals surface area contributed by atoms with Crippen LogP contribution in [0.2, 0.25) is 0 Å². The van der Waals surface area contributed by atoms with Crippen molar-refractivity contribution in [3.05, 3.63) is 53.5 Å². The minimum absolute atomic E-state index is 0.0401. The molecule has 27 heavy (non-hydrogen) atoms. The van der Waals surface area contributed by atoms with Gasteiger partial charge in [0.25, 0.3) is 0 Å². The van der Waals surface area contributed by atoms with Crippen LogP contribution in [-0.4, -0.2) is 38.6 Å². The van der Waals surface area contributed by atoms with E-state index >= 15 is 0 Å². The van der Waals surface area contributed by atoms with E-state index in [1.165, 1.54) is 5.56 Å². The largest absolute Gasteiger partial charge is 0.324 e. The molecule has 140 valence electrons. The summed E-state index contributed by atoms with van der Waals surface area (Å²) in [4.78, 5) is 23.9. The normalized spacial score (nSPS) is 16.9. The van der Waals surface area contributed by atoms with Gasteiger partial charge in [-0.05, 0) is 51.0 Å². The van der Waals surface area contributed by atoms with Gasteiger partial charge in [-0.2, -0.15) is 0 Å². The fraction of sp³-hybridized carbons (Fsp3) is 0.381. The maximum Gasteiger partial charge on any atom is 0.321 e. The molecule has 1 fully saturated rings. The summed E-state index contributed by atoms with van der Waals surface area (Å²) < 4.78 is 2.17. The first-order chi connectivity index (χ1) is 13.1. The number of fused-ring (bicyclic) bond motifs is 1. The maximum atomic E-state index is 12.7. The second-order valence-electron chi connectivity index (χ2n) is 7.24. The van der Waals surface area contributed by atoms with Crippen molar-refractivity contribution in [3.8, 4) is 0 Å². The number of hydrogen-bond donors (Lipinski definition) is 1. The SMILES string of the molecule is CCn1c(C2CCN(C(=O)Nc3ccc(C)cc3C)C2)nc2cccnc21. The van der Waals surface area contributed by atoms with E-state index in [9.17, 15) is 4.79 Å². The van der Waals surface area contributed by atoms with Crippen molar-refractivity contribution in [2.24, 2.45) is 0 Å². The number of hydrogen-bond acceptors (Lipinski definition) is 3. The summed E-state index contributed by atoms with van der Waals surface area (Å²) >= 11 is 0. The lowest BCUT2D eigenvalue weighted by Crippen LogP contribution is -2.33. The molecule has 1 atom stereocenters. The molecule has 2 amide bonds. The lowest BCUT2D eigenvalue weighted by Gasteiger charge is -2.18. The number of benzene rings is 1. The second kappa shape index (κ2) is 7.02. The molecular formula is C21H25N5O. The maximum absolute atomic E-state index is 12.7. The van der Waals surface area contributed by atoms with Gasteiger partial charge in [0, 0.05) is 37.4 Å². The predicted octanol–water partition coefficient (Wildman–Crippen LogP) is 4.09. The molecule has 0 aliphatic carbocycles. The van der Waals surface area contributed by atoms with Gasteiger partial charge in [0.15, 0.2) is 5.65 Å². The van der Waals surface area contributed by atoms with Gasteiger partial charge in [0.05, 0.1) is 0 Å². The van der Waals surface area contributed by atoms with Crippen molar-refractivity contribution in [2.45, 2.75) is 39.7 Å². The molecule has 6 nitrogen and oxygen atoms in total. The Morgan fingerprint density at radius 3 is 2.93 bits per heavy atom. The molecule has 4 rings (SSSR count). The third-order valence-electron chi connectivity index (χ3n) is 5.31. The highest BCUT2D eigenvalue weighted by atomic mass is 16.2. The van der Waals surface area contributed by atoms with E-state index in [-0.39, 0.29) is 11.9 Å². The van der Waals surface area contributed by atoms with Gasteiger partial charge in [-0.1, -0.05) is 17.7 Å². The first kappa shape index (κ1) is 17.5. The fourth-order valence-corrected chi connectivity index (χ4v) is 3.90. The first-order valence-electron chi connectivity index (χ1n) is 9.51. The average Bonchev–Trinajstić information content (AvgIpc) is 3.28. The summed E-state index contributed by atoms with van der Waals surface area (Å²) in [6.45, 7) is 8.43. The molecule has 1 saturated heterocycles. The van der Waals surface area contributed by atoms with Crippen LogP contribution in [0.4, 0.5) is 10.5 Å². The molecule has 0 saturated carbocycles. The van der Waals surface area contributed by atoms with Gasteiger partial charge in [0.1, 0.15) is 11.3 Å². The number of pyridine rings is 1. The van der Waals surface area contributed by atoms with Crippen LogP contribution in [0.1, 0.15) is 36.2 Å². The number of amides is 2. The van der Waals surface area contributed by atoms with Crippen LogP contribution in [0.15, 0.2) is 36.5 Å². The van der Waals surface area contributed by atoms with Gasteiger partial charge in [-0.3, -0.25) is 0 Å². The lowest BCUT2D eigenvalue weighted by atomic mass is 10.1. The van der Waals surface area contributed by atoms with E-state index in [1.807, 2.05) is 36.1 Å². The Bertz CT molecular complexity index is 993. The molecule has 3 heterocycles. The number of urea groups is 1. The number of likely N-dealkylation sites (tertiary alicyclic amines) is 1. The van der Waals surface area contributed by atoms with Crippen molar-refractivity contribution < 1.29 is 4.79 Å². The Hall–Kier alpha value is -2.89. The third kappa shape index (κ3) is 3.27. The fourth-order valence-electron chi connectivity index (χ4n) is 3.90. The van der Waals surface area contributed by atoms with E-state index in [4.69, 9.17) is 4.98 Å². The molecule has 1 aliphatic rings. The third-order valence-corrected chi connectivity index (χ3v) is 5.31. The standard InChI is InChI=1S/C21H25N5O/c1-4-26-19(23-18-6-5-10-22-20(18)26)16-9-11-25(13-16)21(27)24-17-8-7-14(2)12-15(17)3/h5-8,10,12,16H,4,9,11,13H2,1-3H3,(H,24,27). The van der Waals surface area contributed by atoms with E-state index in [0.29, 0.717) is 6.54 Å². The molecule has 1 N–H and O–H groups in total. The van der Waals surface area contributed by atoms with Crippen LogP contribution in [0.25, 0.3) is 11.2 Å². The van der Waals surface area contributed by atoms with E-state index in [2.05, 4.69) is 34.8 Å². The molecular weight excluding hydrogens is 338 g/mol. The number of aromatic nitrogens is 3. The summed E-state index contributed by atoms with van der Waals surface area (Å²) in [6, 6.07) is 9.94. The Kier molecular flexibility index (Phi) is 4.56. The molecule has 1 aromatic carbocycles. The lowest BCUT2D eigenvalue weighted by molar-refractivity contribution is 0.222. The summed E-state index contributed by atoms with van der Waals surface area (Å²) in [7, 11) is 0. The van der Waals surface area contributed by atoms with E-state index in [0.717, 1.165) is 47.7 Å². The Balaban J connectivity index is 1.51. The Labute approximate surface area is 159 Å². The summed E-state index contributed by atoms with van der Waals surface area (Å²) in [6.07, 6.45) is 2.72. The molecule has 2 aromatic heterocycles. The zero-order valence-corrected chi connectivity index (χ0v) is 16.1. The predicted molar refractivity (Wildman–Crippen MR) is 107 cm³/mol. The average molecular weight is 363 g/mol. The van der Waals surface area contributed by atoms with E-state index < -0.39 is 0 Å². The number of imidazole rings is 1. The highest BCUT2D eigenvalue weighted by molar-refractivity contribution is 5.90.